The number of rotatable bonds is 1. The van der Waals surface area contributed by atoms with Crippen LogP contribution in [-0.2, 0) is 0 Å². The summed E-state index contributed by atoms with van der Waals surface area (Å²) in [6.07, 6.45) is 1.32. The summed E-state index contributed by atoms with van der Waals surface area (Å²) in [4.78, 5) is 1.12. The van der Waals surface area contributed by atoms with E-state index in [-0.39, 0.29) is 5.82 Å². The molecule has 72 valence electrons. The van der Waals surface area contributed by atoms with Crippen molar-refractivity contribution in [3.05, 3.63) is 36.0 Å². The molecule has 0 atom stereocenters. The molecular formula is C8H6F2N4. The summed E-state index contributed by atoms with van der Waals surface area (Å²) in [6, 6.07) is 3.36. The fourth-order valence-corrected chi connectivity index (χ4v) is 1.01. The number of anilines is 1. The number of nitrogen functional groups attached to an aromatic ring is 1. The molecule has 0 bridgehead atoms. The van der Waals surface area contributed by atoms with Gasteiger partial charge >= 0.3 is 0 Å². The molecule has 0 saturated heterocycles. The van der Waals surface area contributed by atoms with Gasteiger partial charge in [-0.2, -0.15) is 5.10 Å². The topological polar surface area (TPSA) is 56.7 Å². The Labute approximate surface area is 78.0 Å². The highest BCUT2D eigenvalue weighted by molar-refractivity contribution is 5.32. The molecule has 0 aliphatic carbocycles. The molecule has 1 aromatic heterocycles. The standard InChI is InChI=1S/C8H6F2N4/c9-6-2-1-5(3-7(6)10)14-12-4-8(11)13-14/h1-4H,(H2,11,13). The van der Waals surface area contributed by atoms with Crippen molar-refractivity contribution in [1.29, 1.82) is 0 Å². The molecule has 1 aromatic carbocycles. The van der Waals surface area contributed by atoms with Crippen LogP contribution in [0.1, 0.15) is 0 Å². The van der Waals surface area contributed by atoms with E-state index in [9.17, 15) is 8.78 Å². The van der Waals surface area contributed by atoms with Crippen LogP contribution in [0, 0.1) is 11.6 Å². The second-order valence-electron chi connectivity index (χ2n) is 2.66. The summed E-state index contributed by atoms with van der Waals surface area (Å²) < 4.78 is 25.4. The summed E-state index contributed by atoms with van der Waals surface area (Å²) in [5.41, 5.74) is 5.64. The van der Waals surface area contributed by atoms with Gasteiger partial charge in [0.15, 0.2) is 17.5 Å². The molecule has 2 rings (SSSR count). The number of hydrogen-bond donors (Lipinski definition) is 1. The highest BCUT2D eigenvalue weighted by Gasteiger charge is 2.05. The highest BCUT2D eigenvalue weighted by Crippen LogP contribution is 2.11. The van der Waals surface area contributed by atoms with Gasteiger partial charge in [0.2, 0.25) is 0 Å². The quantitative estimate of drug-likeness (QED) is 0.743. The van der Waals surface area contributed by atoms with E-state index in [1.807, 2.05) is 0 Å². The van der Waals surface area contributed by atoms with Gasteiger partial charge in [-0.25, -0.2) is 8.78 Å². The molecule has 4 nitrogen and oxygen atoms in total. The summed E-state index contributed by atoms with van der Waals surface area (Å²) in [5.74, 6) is -1.64. The van der Waals surface area contributed by atoms with Gasteiger partial charge in [0.1, 0.15) is 0 Å². The maximum atomic E-state index is 12.8. The predicted molar refractivity (Wildman–Crippen MR) is 45.7 cm³/mol. The molecule has 6 heteroatoms. The summed E-state index contributed by atoms with van der Waals surface area (Å²) in [5, 5.41) is 7.49. The largest absolute Gasteiger partial charge is 0.381 e. The number of hydrogen-bond acceptors (Lipinski definition) is 3. The lowest BCUT2D eigenvalue weighted by Crippen LogP contribution is -2.00. The van der Waals surface area contributed by atoms with E-state index in [0.29, 0.717) is 5.69 Å². The van der Waals surface area contributed by atoms with Crippen LogP contribution in [0.3, 0.4) is 0 Å². The highest BCUT2D eigenvalue weighted by atomic mass is 19.2. The monoisotopic (exact) mass is 196 g/mol. The molecule has 0 radical (unpaired) electrons. The van der Waals surface area contributed by atoms with Gasteiger partial charge in [-0.05, 0) is 12.1 Å². The molecule has 0 amide bonds. The van der Waals surface area contributed by atoms with Crippen molar-refractivity contribution >= 4 is 5.82 Å². The minimum absolute atomic E-state index is 0.217. The van der Waals surface area contributed by atoms with Crippen LogP contribution in [0.4, 0.5) is 14.6 Å². The average molecular weight is 196 g/mol. The summed E-state index contributed by atoms with van der Waals surface area (Å²) in [6.45, 7) is 0. The van der Waals surface area contributed by atoms with E-state index in [0.717, 1.165) is 16.9 Å². The zero-order valence-electron chi connectivity index (χ0n) is 6.98. The smallest absolute Gasteiger partial charge is 0.166 e. The van der Waals surface area contributed by atoms with Crippen LogP contribution in [0.15, 0.2) is 24.4 Å². The van der Waals surface area contributed by atoms with E-state index in [2.05, 4.69) is 10.2 Å². The van der Waals surface area contributed by atoms with E-state index in [1.54, 1.807) is 0 Å². The molecule has 0 saturated carbocycles. The van der Waals surface area contributed by atoms with Crippen molar-refractivity contribution in [3.8, 4) is 5.69 Å². The van der Waals surface area contributed by atoms with Gasteiger partial charge in [-0.3, -0.25) is 0 Å². The maximum Gasteiger partial charge on any atom is 0.166 e. The Kier molecular flexibility index (Phi) is 1.88. The lowest BCUT2D eigenvalue weighted by molar-refractivity contribution is 0.506. The van der Waals surface area contributed by atoms with Crippen LogP contribution in [0.5, 0.6) is 0 Å². The van der Waals surface area contributed by atoms with Crippen molar-refractivity contribution in [2.24, 2.45) is 0 Å². The maximum absolute atomic E-state index is 12.8. The van der Waals surface area contributed by atoms with Gasteiger partial charge < -0.3 is 5.73 Å². The Morgan fingerprint density at radius 3 is 2.57 bits per heavy atom. The molecule has 0 fully saturated rings. The Balaban J connectivity index is 2.47. The molecule has 0 aliphatic rings. The molecule has 0 spiro atoms. The fraction of sp³-hybridized carbons (Fsp3) is 0. The van der Waals surface area contributed by atoms with E-state index >= 15 is 0 Å². The number of nitrogens with zero attached hydrogens (tertiary/aromatic N) is 3. The van der Waals surface area contributed by atoms with Gasteiger partial charge in [-0.15, -0.1) is 9.90 Å². The molecule has 1 heterocycles. The van der Waals surface area contributed by atoms with Crippen LogP contribution >= 0.6 is 0 Å². The fourth-order valence-electron chi connectivity index (χ4n) is 1.01. The van der Waals surface area contributed by atoms with Crippen LogP contribution < -0.4 is 5.73 Å². The first kappa shape index (κ1) is 8.61. The first-order chi connectivity index (χ1) is 6.66. The number of benzene rings is 1. The van der Waals surface area contributed by atoms with Crippen molar-refractivity contribution in [3.63, 3.8) is 0 Å². The van der Waals surface area contributed by atoms with Crippen LogP contribution in [0.2, 0.25) is 0 Å². The van der Waals surface area contributed by atoms with Crippen molar-refractivity contribution < 1.29 is 8.78 Å². The van der Waals surface area contributed by atoms with E-state index < -0.39 is 11.6 Å². The van der Waals surface area contributed by atoms with Gasteiger partial charge in [0, 0.05) is 6.07 Å². The second-order valence-corrected chi connectivity index (χ2v) is 2.66. The van der Waals surface area contributed by atoms with Crippen LogP contribution in [-0.4, -0.2) is 15.0 Å². The van der Waals surface area contributed by atoms with E-state index in [1.165, 1.54) is 12.3 Å². The molecule has 14 heavy (non-hydrogen) atoms. The molecular weight excluding hydrogens is 190 g/mol. The third-order valence-electron chi connectivity index (χ3n) is 1.64. The van der Waals surface area contributed by atoms with Gasteiger partial charge in [0.05, 0.1) is 11.9 Å². The minimum atomic E-state index is -0.946. The number of aromatic nitrogens is 3. The third-order valence-corrected chi connectivity index (χ3v) is 1.64. The second kappa shape index (κ2) is 3.06. The van der Waals surface area contributed by atoms with Crippen molar-refractivity contribution in [1.82, 2.24) is 15.0 Å². The molecule has 0 unspecified atom stereocenters. The summed E-state index contributed by atoms with van der Waals surface area (Å²) in [7, 11) is 0. The van der Waals surface area contributed by atoms with Crippen molar-refractivity contribution in [2.45, 2.75) is 0 Å². The summed E-state index contributed by atoms with van der Waals surface area (Å²) >= 11 is 0. The van der Waals surface area contributed by atoms with Gasteiger partial charge in [-0.1, -0.05) is 0 Å². The Morgan fingerprint density at radius 1 is 1.21 bits per heavy atom. The molecule has 2 N–H and O–H groups in total. The van der Waals surface area contributed by atoms with Gasteiger partial charge in [0.25, 0.3) is 0 Å². The van der Waals surface area contributed by atoms with E-state index in [4.69, 9.17) is 5.73 Å². The Bertz CT molecular complexity index is 466. The lowest BCUT2D eigenvalue weighted by atomic mass is 10.3. The lowest BCUT2D eigenvalue weighted by Gasteiger charge is -1.99. The molecule has 2 aromatic rings. The zero-order valence-corrected chi connectivity index (χ0v) is 6.98. The normalized spacial score (nSPS) is 10.4. The Morgan fingerprint density at radius 2 is 2.00 bits per heavy atom. The minimum Gasteiger partial charge on any atom is -0.381 e. The Hall–Kier alpha value is -1.98. The third kappa shape index (κ3) is 1.41. The predicted octanol–water partition coefficient (Wildman–Crippen LogP) is 1.13. The van der Waals surface area contributed by atoms with Crippen molar-refractivity contribution in [2.75, 3.05) is 5.73 Å². The average Bonchev–Trinajstić information content (AvgIpc) is 2.57. The SMILES string of the molecule is Nc1cnn(-c2ccc(F)c(F)c2)n1. The molecule has 0 aliphatic heterocycles. The van der Waals surface area contributed by atoms with Crippen LogP contribution in [0.25, 0.3) is 5.69 Å². The first-order valence-corrected chi connectivity index (χ1v) is 3.80. The number of halogens is 2. The first-order valence-electron chi connectivity index (χ1n) is 3.80. The zero-order chi connectivity index (χ0) is 10.1. The number of nitrogens with two attached hydrogens (primary N) is 1.